The molecule has 0 bridgehead atoms. The Bertz CT molecular complexity index is 662. The highest BCUT2D eigenvalue weighted by Crippen LogP contribution is 2.12. The second kappa shape index (κ2) is 5.58. The van der Waals surface area contributed by atoms with Gasteiger partial charge in [-0.15, -0.1) is 0 Å². The molecular weight excluding hydrogens is 334 g/mol. The van der Waals surface area contributed by atoms with E-state index in [-0.39, 0.29) is 11.3 Å². The summed E-state index contributed by atoms with van der Waals surface area (Å²) in [5, 5.41) is 0. The van der Waals surface area contributed by atoms with Crippen LogP contribution >= 0.6 is 15.9 Å². The molecule has 1 amide bonds. The number of hydrogen-bond donors (Lipinski definition) is 1. The highest BCUT2D eigenvalue weighted by molar-refractivity contribution is 9.10. The molecule has 0 aliphatic heterocycles. The van der Waals surface area contributed by atoms with Crippen molar-refractivity contribution in [3.63, 3.8) is 0 Å². The van der Waals surface area contributed by atoms with Gasteiger partial charge < -0.3 is 4.42 Å². The number of hydrogen-bond acceptors (Lipinski definition) is 4. The van der Waals surface area contributed by atoms with Crippen LogP contribution in [0.2, 0.25) is 0 Å². The van der Waals surface area contributed by atoms with Gasteiger partial charge in [0, 0.05) is 4.47 Å². The molecule has 1 N–H and O–H groups in total. The van der Waals surface area contributed by atoms with E-state index in [2.05, 4.69) is 15.9 Å². The molecule has 0 atom stereocenters. The van der Waals surface area contributed by atoms with Gasteiger partial charge in [0.25, 0.3) is 5.91 Å². The fraction of sp³-hybridized carbons (Fsp3) is 0.0833. The van der Waals surface area contributed by atoms with E-state index < -0.39 is 15.9 Å². The molecule has 0 spiro atoms. The van der Waals surface area contributed by atoms with Crippen LogP contribution in [-0.4, -0.2) is 14.3 Å². The highest BCUT2D eigenvalue weighted by atomic mass is 79.9. The molecule has 7 heteroatoms. The first-order chi connectivity index (χ1) is 8.96. The van der Waals surface area contributed by atoms with E-state index in [1.54, 1.807) is 24.3 Å². The van der Waals surface area contributed by atoms with Crippen LogP contribution in [0.1, 0.15) is 15.9 Å². The van der Waals surface area contributed by atoms with Crippen LogP contribution in [-0.2, 0) is 15.8 Å². The van der Waals surface area contributed by atoms with Crippen LogP contribution in [0.15, 0.2) is 51.7 Å². The Labute approximate surface area is 118 Å². The molecule has 1 aromatic carbocycles. The lowest BCUT2D eigenvalue weighted by Crippen LogP contribution is -2.31. The van der Waals surface area contributed by atoms with Crippen LogP contribution in [0.25, 0.3) is 0 Å². The highest BCUT2D eigenvalue weighted by Gasteiger charge is 2.17. The third-order valence-electron chi connectivity index (χ3n) is 2.30. The quantitative estimate of drug-likeness (QED) is 0.923. The van der Waals surface area contributed by atoms with Crippen molar-refractivity contribution < 1.29 is 17.6 Å². The Morgan fingerprint density at radius 3 is 2.47 bits per heavy atom. The van der Waals surface area contributed by atoms with Crippen molar-refractivity contribution in [2.45, 2.75) is 5.75 Å². The smallest absolute Gasteiger partial charge is 0.267 e. The summed E-state index contributed by atoms with van der Waals surface area (Å²) in [5.41, 5.74) is 0.759. The van der Waals surface area contributed by atoms with E-state index in [1.807, 2.05) is 4.72 Å². The molecule has 0 radical (unpaired) electrons. The van der Waals surface area contributed by atoms with Gasteiger partial charge >= 0.3 is 0 Å². The summed E-state index contributed by atoms with van der Waals surface area (Å²) >= 11 is 3.26. The zero-order chi connectivity index (χ0) is 13.9. The lowest BCUT2D eigenvalue weighted by molar-refractivity contribution is 0.0981. The Kier molecular flexibility index (Phi) is 4.06. The van der Waals surface area contributed by atoms with Crippen molar-refractivity contribution in [3.8, 4) is 0 Å². The van der Waals surface area contributed by atoms with E-state index in [0.717, 1.165) is 4.47 Å². The first kappa shape index (κ1) is 13.8. The largest absolute Gasteiger partial charge is 0.472 e. The average molecular weight is 344 g/mol. The van der Waals surface area contributed by atoms with Gasteiger partial charge in [-0.2, -0.15) is 0 Å². The van der Waals surface area contributed by atoms with E-state index in [9.17, 15) is 13.2 Å². The number of halogens is 1. The Balaban J connectivity index is 2.07. The topological polar surface area (TPSA) is 76.4 Å². The zero-order valence-corrected chi connectivity index (χ0v) is 12.1. The summed E-state index contributed by atoms with van der Waals surface area (Å²) in [4.78, 5) is 11.6. The first-order valence-corrected chi connectivity index (χ1v) is 7.72. The number of amides is 1. The maximum Gasteiger partial charge on any atom is 0.267 e. The molecule has 0 aliphatic rings. The summed E-state index contributed by atoms with van der Waals surface area (Å²) in [6.45, 7) is 0. The number of furan rings is 1. The summed E-state index contributed by atoms with van der Waals surface area (Å²) < 4.78 is 31.2. The Hall–Kier alpha value is -1.60. The number of nitrogens with one attached hydrogen (secondary N) is 1. The van der Waals surface area contributed by atoms with Crippen molar-refractivity contribution >= 4 is 31.9 Å². The Morgan fingerprint density at radius 1 is 1.21 bits per heavy atom. The number of carbonyl (C=O) groups is 1. The predicted molar refractivity (Wildman–Crippen MR) is 72.9 cm³/mol. The van der Waals surface area contributed by atoms with Crippen LogP contribution in [0.3, 0.4) is 0 Å². The fourth-order valence-corrected chi connectivity index (χ4v) is 2.80. The van der Waals surface area contributed by atoms with Crippen LogP contribution in [0.5, 0.6) is 0 Å². The minimum absolute atomic E-state index is 0.166. The van der Waals surface area contributed by atoms with Gasteiger partial charge in [-0.05, 0) is 23.8 Å². The lowest BCUT2D eigenvalue weighted by Gasteiger charge is -2.05. The molecule has 0 aliphatic carbocycles. The van der Waals surface area contributed by atoms with E-state index >= 15 is 0 Å². The van der Waals surface area contributed by atoms with E-state index in [4.69, 9.17) is 4.42 Å². The van der Waals surface area contributed by atoms with Crippen LogP contribution < -0.4 is 4.72 Å². The fourth-order valence-electron chi connectivity index (χ4n) is 1.43. The van der Waals surface area contributed by atoms with Crippen molar-refractivity contribution in [2.75, 3.05) is 0 Å². The normalized spacial score (nSPS) is 11.2. The molecule has 5 nitrogen and oxygen atoms in total. The minimum Gasteiger partial charge on any atom is -0.472 e. The van der Waals surface area contributed by atoms with Crippen molar-refractivity contribution in [2.24, 2.45) is 0 Å². The molecule has 0 saturated carbocycles. The second-order valence-corrected chi connectivity index (χ2v) is 6.47. The van der Waals surface area contributed by atoms with Gasteiger partial charge in [0.15, 0.2) is 0 Å². The summed E-state index contributed by atoms with van der Waals surface area (Å²) in [6.07, 6.45) is 2.49. The molecule has 0 unspecified atom stereocenters. The first-order valence-electron chi connectivity index (χ1n) is 5.28. The summed E-state index contributed by atoms with van der Waals surface area (Å²) in [7, 11) is -3.73. The predicted octanol–water partition coefficient (Wildman–Crippen LogP) is 2.30. The zero-order valence-electron chi connectivity index (χ0n) is 9.67. The molecule has 1 heterocycles. The van der Waals surface area contributed by atoms with Gasteiger partial charge in [0.1, 0.15) is 6.26 Å². The van der Waals surface area contributed by atoms with Crippen molar-refractivity contribution in [3.05, 3.63) is 58.5 Å². The standard InChI is InChI=1S/C12H10BrNO4S/c13-11-3-1-9(2-4-11)8-19(16,17)14-12(15)10-5-6-18-7-10/h1-7H,8H2,(H,14,15). The van der Waals surface area contributed by atoms with E-state index in [1.165, 1.54) is 18.6 Å². The maximum absolute atomic E-state index is 11.8. The van der Waals surface area contributed by atoms with Gasteiger partial charge in [0.05, 0.1) is 17.6 Å². The number of benzene rings is 1. The maximum atomic E-state index is 11.8. The third kappa shape index (κ3) is 3.93. The molecule has 100 valence electrons. The third-order valence-corrected chi connectivity index (χ3v) is 4.04. The van der Waals surface area contributed by atoms with Crippen LogP contribution in [0, 0.1) is 0 Å². The Morgan fingerprint density at radius 2 is 1.89 bits per heavy atom. The lowest BCUT2D eigenvalue weighted by atomic mass is 10.2. The van der Waals surface area contributed by atoms with Gasteiger partial charge in [-0.3, -0.25) is 4.79 Å². The number of sulfonamides is 1. The second-order valence-electron chi connectivity index (χ2n) is 3.83. The SMILES string of the molecule is O=C(NS(=O)(=O)Cc1ccc(Br)cc1)c1ccoc1. The molecule has 1 aromatic heterocycles. The molecule has 0 fully saturated rings. The molecule has 0 saturated heterocycles. The van der Waals surface area contributed by atoms with Gasteiger partial charge in [-0.25, -0.2) is 13.1 Å². The average Bonchev–Trinajstić information content (AvgIpc) is 2.85. The number of rotatable bonds is 4. The minimum atomic E-state index is -3.73. The molecule has 2 aromatic rings. The van der Waals surface area contributed by atoms with Crippen molar-refractivity contribution in [1.29, 1.82) is 0 Å². The van der Waals surface area contributed by atoms with Gasteiger partial charge in [0.2, 0.25) is 10.0 Å². The van der Waals surface area contributed by atoms with Crippen LogP contribution in [0.4, 0.5) is 0 Å². The van der Waals surface area contributed by atoms with Crippen molar-refractivity contribution in [1.82, 2.24) is 4.72 Å². The van der Waals surface area contributed by atoms with Gasteiger partial charge in [-0.1, -0.05) is 28.1 Å². The molecule has 19 heavy (non-hydrogen) atoms. The number of carbonyl (C=O) groups excluding carboxylic acids is 1. The monoisotopic (exact) mass is 343 g/mol. The molecule has 2 rings (SSSR count). The summed E-state index contributed by atoms with van der Waals surface area (Å²) in [6, 6.07) is 8.22. The van der Waals surface area contributed by atoms with E-state index in [0.29, 0.717) is 5.56 Å². The summed E-state index contributed by atoms with van der Waals surface area (Å²) in [5.74, 6) is -0.963. The molecular formula is C12H10BrNO4S.